The number of hydrogen-bond acceptors (Lipinski definition) is 12. The molecule has 24 heteroatoms. The highest BCUT2D eigenvalue weighted by atomic mass is 35.5. The third-order valence-electron chi connectivity index (χ3n) is 7.60. The first kappa shape index (κ1) is 51.5. The van der Waals surface area contributed by atoms with E-state index in [-0.39, 0.29) is 54.8 Å². The second-order valence-corrected chi connectivity index (χ2v) is 19.3. The van der Waals surface area contributed by atoms with Crippen LogP contribution in [-0.2, 0) is 19.4 Å². The molecule has 326 valence electrons. The van der Waals surface area contributed by atoms with Crippen molar-refractivity contribution < 1.29 is 46.1 Å². The summed E-state index contributed by atoms with van der Waals surface area (Å²) in [5, 5.41) is 19.7. The number of carbonyl (C=O) groups is 2. The van der Waals surface area contributed by atoms with Gasteiger partial charge in [0.2, 0.25) is 10.0 Å². The van der Waals surface area contributed by atoms with E-state index >= 15 is 0 Å². The Morgan fingerprint density at radius 3 is 2.22 bits per heavy atom. The number of carboxylic acid groups (broad SMARTS) is 1. The van der Waals surface area contributed by atoms with Crippen molar-refractivity contribution in [3.63, 3.8) is 0 Å². The SMILES string of the molecule is CCCCCCCCSC(=O)Oc1cc(Cl)nnc1-c1ccccc1.CP(=O)(O)CCC(N)C(=O)O.Cc1nn(-c2cc(NS(C)(=O)=O)c(Cl)cc2Cl)c(=O)n1C(F)F. The third kappa shape index (κ3) is 18.7. The Morgan fingerprint density at radius 1 is 1.03 bits per heavy atom. The monoisotopic (exact) mass is 945 g/mol. The van der Waals surface area contributed by atoms with Crippen LogP contribution in [0.5, 0.6) is 5.75 Å². The molecule has 0 radical (unpaired) electrons. The van der Waals surface area contributed by atoms with E-state index < -0.39 is 41.6 Å². The molecular formula is C35H45Cl3F2N7O9PS2. The summed E-state index contributed by atoms with van der Waals surface area (Å²) in [6.07, 6.45) is 8.10. The average Bonchev–Trinajstić information content (AvgIpc) is 3.44. The Balaban J connectivity index is 0.000000328. The van der Waals surface area contributed by atoms with Gasteiger partial charge in [0.05, 0.1) is 27.7 Å². The normalized spacial score (nSPS) is 12.7. The van der Waals surface area contributed by atoms with Gasteiger partial charge in [-0.1, -0.05) is 104 Å². The van der Waals surface area contributed by atoms with Crippen molar-refractivity contribution in [3.8, 4) is 22.7 Å². The minimum absolute atomic E-state index is 0.0257. The number of nitrogens with one attached hydrogen (secondary N) is 1. The molecule has 2 atom stereocenters. The molecule has 0 bridgehead atoms. The Kier molecular flexibility index (Phi) is 21.5. The number of hydrogen-bond donors (Lipinski definition) is 4. The van der Waals surface area contributed by atoms with Crippen LogP contribution < -0.4 is 20.9 Å². The lowest BCUT2D eigenvalue weighted by Gasteiger charge is -2.10. The summed E-state index contributed by atoms with van der Waals surface area (Å²) >= 11 is 18.9. The van der Waals surface area contributed by atoms with E-state index in [1.165, 1.54) is 63.2 Å². The van der Waals surface area contributed by atoms with Gasteiger partial charge in [0.25, 0.3) is 0 Å². The molecule has 5 N–H and O–H groups in total. The van der Waals surface area contributed by atoms with Gasteiger partial charge in [-0.3, -0.25) is 14.1 Å². The number of rotatable bonds is 17. The Morgan fingerprint density at radius 2 is 1.66 bits per heavy atom. The molecule has 2 heterocycles. The zero-order valence-corrected chi connectivity index (χ0v) is 37.2. The fourth-order valence-corrected chi connectivity index (χ4v) is 7.41. The molecule has 0 saturated carbocycles. The van der Waals surface area contributed by atoms with Crippen LogP contribution in [0.1, 0.15) is 64.2 Å². The molecule has 2 aromatic carbocycles. The van der Waals surface area contributed by atoms with E-state index in [2.05, 4.69) is 26.9 Å². The number of aryl methyl sites for hydroxylation is 1. The summed E-state index contributed by atoms with van der Waals surface area (Å²) in [4.78, 5) is 43.0. The molecule has 4 rings (SSSR count). The molecule has 0 spiro atoms. The topological polar surface area (TPSA) is 239 Å². The van der Waals surface area contributed by atoms with Gasteiger partial charge in [0.15, 0.2) is 18.3 Å². The highest BCUT2D eigenvalue weighted by Gasteiger charge is 2.22. The maximum Gasteiger partial charge on any atom is 0.372 e. The first-order valence-electron chi connectivity index (χ1n) is 17.7. The number of carboxylic acids is 1. The second kappa shape index (κ2) is 24.6. The van der Waals surface area contributed by atoms with Gasteiger partial charge in [0, 0.05) is 30.2 Å². The predicted molar refractivity (Wildman–Crippen MR) is 227 cm³/mol. The van der Waals surface area contributed by atoms with Gasteiger partial charge in [-0.05, 0) is 43.7 Å². The van der Waals surface area contributed by atoms with Gasteiger partial charge in [0.1, 0.15) is 17.6 Å². The standard InChI is InChI=1S/C19H23ClN2O2S.C11H10Cl2F2N4O3S.C5H12NO4P/c1-2-3-4-5-6-10-13-25-19(23)24-16-14-17(20)21-22-18(16)15-11-8-7-9-12-15;1-5-16-19(11(20)18(5)10(14)15)9-4-8(17-23(2,21)22)6(12)3-7(9)13;1-11(9,10)3-2-4(6)5(7)8/h7-9,11-12,14H,2-6,10,13H2,1H3;3-4,10,17H,1-2H3;4H,2-3,6H2,1H3,(H,7,8)(H,9,10). The fraction of sp³-hybridized carbons (Fsp3) is 0.429. The van der Waals surface area contributed by atoms with Gasteiger partial charge in [-0.2, -0.15) is 13.5 Å². The molecule has 0 saturated heterocycles. The number of sulfonamides is 1. The summed E-state index contributed by atoms with van der Waals surface area (Å²) in [5.41, 5.74) is 5.16. The number of nitrogens with zero attached hydrogens (tertiary/aromatic N) is 5. The lowest BCUT2D eigenvalue weighted by Crippen LogP contribution is -2.30. The summed E-state index contributed by atoms with van der Waals surface area (Å²) in [6, 6.07) is 12.3. The number of alkyl halides is 2. The largest absolute Gasteiger partial charge is 0.480 e. The van der Waals surface area contributed by atoms with E-state index in [9.17, 15) is 36.1 Å². The summed E-state index contributed by atoms with van der Waals surface area (Å²) in [6.45, 7) is 1.54. The molecule has 2 aromatic heterocycles. The van der Waals surface area contributed by atoms with Crippen molar-refractivity contribution in [3.05, 3.63) is 80.0 Å². The number of aliphatic carboxylic acids is 1. The van der Waals surface area contributed by atoms with E-state index in [4.69, 9.17) is 55.3 Å². The minimum Gasteiger partial charge on any atom is -0.480 e. The van der Waals surface area contributed by atoms with Crippen LogP contribution >= 0.6 is 53.9 Å². The number of carbonyl (C=O) groups excluding carboxylic acids is 1. The number of anilines is 1. The quantitative estimate of drug-likeness (QED) is 0.0441. The van der Waals surface area contributed by atoms with Crippen LogP contribution in [0, 0.1) is 6.92 Å². The number of unbranched alkanes of at least 4 members (excludes halogenated alkanes) is 5. The molecule has 0 aliphatic carbocycles. The van der Waals surface area contributed by atoms with Gasteiger partial charge in [-0.25, -0.2) is 22.6 Å². The first-order valence-corrected chi connectivity index (χ1v) is 24.0. The van der Waals surface area contributed by atoms with Crippen molar-refractivity contribution in [2.75, 3.05) is 29.6 Å². The summed E-state index contributed by atoms with van der Waals surface area (Å²) in [5.74, 6) is -0.267. The predicted octanol–water partition coefficient (Wildman–Crippen LogP) is 8.49. The van der Waals surface area contributed by atoms with E-state index in [0.29, 0.717) is 16.1 Å². The van der Waals surface area contributed by atoms with Crippen molar-refractivity contribution in [1.29, 1.82) is 0 Å². The smallest absolute Gasteiger partial charge is 0.372 e. The highest BCUT2D eigenvalue weighted by molar-refractivity contribution is 8.13. The van der Waals surface area contributed by atoms with Crippen LogP contribution in [0.2, 0.25) is 15.2 Å². The lowest BCUT2D eigenvalue weighted by molar-refractivity contribution is -0.138. The number of halogens is 5. The van der Waals surface area contributed by atoms with Crippen molar-refractivity contribution in [1.82, 2.24) is 24.5 Å². The van der Waals surface area contributed by atoms with E-state index in [1.807, 2.05) is 30.3 Å². The van der Waals surface area contributed by atoms with Crippen LogP contribution in [0.4, 0.5) is 19.3 Å². The molecule has 59 heavy (non-hydrogen) atoms. The molecule has 16 nitrogen and oxygen atoms in total. The summed E-state index contributed by atoms with van der Waals surface area (Å²) in [7, 11) is -6.75. The average molecular weight is 947 g/mol. The van der Waals surface area contributed by atoms with Crippen molar-refractivity contribution in [2.24, 2.45) is 5.73 Å². The number of aromatic nitrogens is 5. The minimum atomic E-state index is -3.65. The Labute approximate surface area is 359 Å². The molecule has 2 unspecified atom stereocenters. The van der Waals surface area contributed by atoms with Crippen LogP contribution in [-0.4, -0.2) is 85.1 Å². The van der Waals surface area contributed by atoms with Crippen LogP contribution in [0.3, 0.4) is 0 Å². The highest BCUT2D eigenvalue weighted by Crippen LogP contribution is 2.36. The van der Waals surface area contributed by atoms with E-state index in [1.54, 1.807) is 0 Å². The maximum atomic E-state index is 12.8. The van der Waals surface area contributed by atoms with Gasteiger partial charge in [-0.15, -0.1) is 15.3 Å². The number of ether oxygens (including phenoxy) is 1. The Hall–Kier alpha value is -3.62. The van der Waals surface area contributed by atoms with Crippen LogP contribution in [0.15, 0.2) is 53.3 Å². The molecule has 4 aromatic rings. The maximum absolute atomic E-state index is 12.8. The lowest BCUT2D eigenvalue weighted by atomic mass is 10.1. The summed E-state index contributed by atoms with van der Waals surface area (Å²) < 4.78 is 67.4. The van der Waals surface area contributed by atoms with E-state index in [0.717, 1.165) is 36.5 Å². The molecule has 0 amide bonds. The number of benzene rings is 2. The van der Waals surface area contributed by atoms with Gasteiger partial charge >= 0.3 is 23.5 Å². The Bertz CT molecular complexity index is 2230. The molecule has 0 aliphatic rings. The van der Waals surface area contributed by atoms with Gasteiger partial charge < -0.3 is 20.5 Å². The second-order valence-electron chi connectivity index (χ2n) is 12.8. The number of nitrogens with two attached hydrogens (primary N) is 1. The molecule has 0 aliphatic heterocycles. The van der Waals surface area contributed by atoms with Crippen molar-refractivity contribution in [2.45, 2.75) is 71.4 Å². The zero-order valence-electron chi connectivity index (χ0n) is 32.4. The first-order chi connectivity index (χ1) is 27.5. The van der Waals surface area contributed by atoms with Crippen LogP contribution in [0.25, 0.3) is 16.9 Å². The molecular weight excluding hydrogens is 902 g/mol. The zero-order chi connectivity index (χ0) is 44.5. The molecule has 0 fully saturated rings. The van der Waals surface area contributed by atoms with Crippen molar-refractivity contribution >= 4 is 80.9 Å². The number of thioether (sulfide) groups is 1. The fourth-order valence-electron chi connectivity index (χ4n) is 4.72. The third-order valence-corrected chi connectivity index (χ3v) is 10.9.